The molecule has 10 nitrogen and oxygen atoms in total. The zero-order valence-electron chi connectivity index (χ0n) is 20.9. The van der Waals surface area contributed by atoms with E-state index in [0.717, 1.165) is 32.1 Å². The predicted molar refractivity (Wildman–Crippen MR) is 138 cm³/mol. The lowest BCUT2D eigenvalue weighted by molar-refractivity contribution is 0.0720. The number of likely N-dealkylation sites (tertiary alicyclic amines) is 1. The molecular formula is C25H33N3O7S2. The summed E-state index contributed by atoms with van der Waals surface area (Å²) in [6.45, 7) is 2.36. The standard InChI is InChI=1S/C25H33N3O7S2/c1-34-24-12-11-22(19-23(24)25(29)27-14-3-2-4-15-27)36(30,31)26-13-18-35-20-7-9-21(10-8-20)37(32,33)28-16-5-6-17-28/h7-12,19,26H,2-6,13-18H2,1H3. The molecule has 0 aromatic heterocycles. The van der Waals surface area contributed by atoms with E-state index in [4.69, 9.17) is 9.47 Å². The molecule has 0 aliphatic carbocycles. The van der Waals surface area contributed by atoms with Gasteiger partial charge in [-0.05, 0) is 74.6 Å². The van der Waals surface area contributed by atoms with E-state index in [1.54, 1.807) is 17.0 Å². The predicted octanol–water partition coefficient (Wildman–Crippen LogP) is 2.46. The lowest BCUT2D eigenvalue weighted by Crippen LogP contribution is -2.36. The highest BCUT2D eigenvalue weighted by atomic mass is 32.2. The highest BCUT2D eigenvalue weighted by molar-refractivity contribution is 7.89. The molecule has 202 valence electrons. The second-order valence-electron chi connectivity index (χ2n) is 9.04. The van der Waals surface area contributed by atoms with Crippen molar-refractivity contribution in [3.8, 4) is 11.5 Å². The first-order valence-electron chi connectivity index (χ1n) is 12.4. The molecule has 2 aliphatic heterocycles. The highest BCUT2D eigenvalue weighted by Crippen LogP contribution is 2.26. The van der Waals surface area contributed by atoms with Crippen LogP contribution in [0.4, 0.5) is 0 Å². The second-order valence-corrected chi connectivity index (χ2v) is 12.7. The number of piperidine rings is 1. The van der Waals surface area contributed by atoms with Crippen molar-refractivity contribution < 1.29 is 31.1 Å². The zero-order valence-corrected chi connectivity index (χ0v) is 22.5. The second kappa shape index (κ2) is 11.8. The average Bonchev–Trinajstić information content (AvgIpc) is 3.47. The number of hydrogen-bond donors (Lipinski definition) is 1. The first-order valence-corrected chi connectivity index (χ1v) is 15.3. The first kappa shape index (κ1) is 27.4. The Hall–Kier alpha value is -2.67. The molecule has 37 heavy (non-hydrogen) atoms. The van der Waals surface area contributed by atoms with Gasteiger partial charge < -0.3 is 14.4 Å². The lowest BCUT2D eigenvalue weighted by Gasteiger charge is -2.27. The summed E-state index contributed by atoms with van der Waals surface area (Å²) in [6.07, 6.45) is 4.64. The molecule has 0 radical (unpaired) electrons. The van der Waals surface area contributed by atoms with Crippen LogP contribution in [0.25, 0.3) is 0 Å². The number of benzene rings is 2. The van der Waals surface area contributed by atoms with Crippen molar-refractivity contribution in [2.24, 2.45) is 0 Å². The Labute approximate surface area is 218 Å². The number of amides is 1. The summed E-state index contributed by atoms with van der Waals surface area (Å²) in [5, 5.41) is 0. The van der Waals surface area contributed by atoms with E-state index in [-0.39, 0.29) is 34.4 Å². The van der Waals surface area contributed by atoms with Crippen LogP contribution >= 0.6 is 0 Å². The van der Waals surface area contributed by atoms with Crippen LogP contribution in [-0.2, 0) is 20.0 Å². The van der Waals surface area contributed by atoms with E-state index in [0.29, 0.717) is 37.7 Å². The fourth-order valence-corrected chi connectivity index (χ4v) is 7.06. The molecule has 2 aromatic rings. The Morgan fingerprint density at radius 2 is 1.49 bits per heavy atom. The zero-order chi connectivity index (χ0) is 26.5. The van der Waals surface area contributed by atoms with Crippen molar-refractivity contribution in [3.63, 3.8) is 0 Å². The van der Waals surface area contributed by atoms with Crippen molar-refractivity contribution in [3.05, 3.63) is 48.0 Å². The maximum atomic E-state index is 13.0. The average molecular weight is 552 g/mol. The van der Waals surface area contributed by atoms with Crippen molar-refractivity contribution in [1.82, 2.24) is 13.9 Å². The van der Waals surface area contributed by atoms with Crippen molar-refractivity contribution >= 4 is 26.0 Å². The molecule has 2 fully saturated rings. The van der Waals surface area contributed by atoms with Gasteiger partial charge in [0.1, 0.15) is 18.1 Å². The SMILES string of the molecule is COc1ccc(S(=O)(=O)NCCOc2ccc(S(=O)(=O)N3CCCC3)cc2)cc1C(=O)N1CCCCC1. The normalized spacial score (nSPS) is 17.1. The number of ether oxygens (including phenoxy) is 2. The Morgan fingerprint density at radius 3 is 2.14 bits per heavy atom. The molecular weight excluding hydrogens is 518 g/mol. The minimum Gasteiger partial charge on any atom is -0.496 e. The molecule has 0 spiro atoms. The number of carbonyl (C=O) groups is 1. The molecule has 1 N–H and O–H groups in total. The van der Waals surface area contributed by atoms with E-state index in [1.807, 2.05) is 0 Å². The number of nitrogens with one attached hydrogen (secondary N) is 1. The summed E-state index contributed by atoms with van der Waals surface area (Å²) in [5.74, 6) is 0.513. The van der Waals surface area contributed by atoms with Gasteiger partial charge in [0.15, 0.2) is 0 Å². The Bertz CT molecular complexity index is 1300. The van der Waals surface area contributed by atoms with E-state index < -0.39 is 20.0 Å². The lowest BCUT2D eigenvalue weighted by atomic mass is 10.1. The number of nitrogens with zero attached hydrogens (tertiary/aromatic N) is 2. The van der Waals surface area contributed by atoms with Crippen molar-refractivity contribution in [2.45, 2.75) is 41.9 Å². The Kier molecular flexibility index (Phi) is 8.73. The van der Waals surface area contributed by atoms with E-state index in [1.165, 1.54) is 41.7 Å². The first-order chi connectivity index (χ1) is 17.7. The largest absolute Gasteiger partial charge is 0.496 e. The molecule has 12 heteroatoms. The molecule has 0 bridgehead atoms. The molecule has 0 unspecified atom stereocenters. The molecule has 2 aliphatic rings. The van der Waals surface area contributed by atoms with E-state index in [2.05, 4.69) is 4.72 Å². The third-order valence-electron chi connectivity index (χ3n) is 6.54. The van der Waals surface area contributed by atoms with Crippen LogP contribution in [0.15, 0.2) is 52.3 Å². The minimum absolute atomic E-state index is 0.0163. The van der Waals surface area contributed by atoms with Crippen molar-refractivity contribution in [2.75, 3.05) is 46.4 Å². The van der Waals surface area contributed by atoms with Crippen LogP contribution in [0, 0.1) is 0 Å². The summed E-state index contributed by atoms with van der Waals surface area (Å²) in [7, 11) is -5.96. The molecule has 0 atom stereocenters. The third kappa shape index (κ3) is 6.43. The number of rotatable bonds is 10. The minimum atomic E-state index is -3.90. The van der Waals surface area contributed by atoms with Gasteiger partial charge in [-0.25, -0.2) is 21.6 Å². The van der Waals surface area contributed by atoms with Crippen molar-refractivity contribution in [1.29, 1.82) is 0 Å². The molecule has 4 rings (SSSR count). The Balaban J connectivity index is 1.35. The summed E-state index contributed by atoms with van der Waals surface area (Å²) < 4.78 is 65.8. The van der Waals surface area contributed by atoms with Crippen LogP contribution in [0.1, 0.15) is 42.5 Å². The fraction of sp³-hybridized carbons (Fsp3) is 0.480. The smallest absolute Gasteiger partial charge is 0.257 e. The summed E-state index contributed by atoms with van der Waals surface area (Å²) in [6, 6.07) is 10.3. The number of hydrogen-bond acceptors (Lipinski definition) is 7. The van der Waals surface area contributed by atoms with Crippen LogP contribution < -0.4 is 14.2 Å². The topological polar surface area (TPSA) is 122 Å². The van der Waals surface area contributed by atoms with Gasteiger partial charge in [-0.1, -0.05) is 0 Å². The highest BCUT2D eigenvalue weighted by Gasteiger charge is 2.27. The maximum absolute atomic E-state index is 13.0. The number of methoxy groups -OCH3 is 1. The summed E-state index contributed by atoms with van der Waals surface area (Å²) >= 11 is 0. The van der Waals surface area contributed by atoms with Gasteiger partial charge in [0.25, 0.3) is 5.91 Å². The third-order valence-corrected chi connectivity index (χ3v) is 9.92. The van der Waals surface area contributed by atoms with Crippen LogP contribution in [0.3, 0.4) is 0 Å². The molecule has 2 aromatic carbocycles. The van der Waals surface area contributed by atoms with Gasteiger partial charge >= 0.3 is 0 Å². The maximum Gasteiger partial charge on any atom is 0.257 e. The monoisotopic (exact) mass is 551 g/mol. The van der Waals surface area contributed by atoms with Gasteiger partial charge in [0, 0.05) is 32.7 Å². The molecule has 1 amide bonds. The molecule has 0 saturated carbocycles. The quantitative estimate of drug-likeness (QED) is 0.450. The number of sulfonamides is 2. The van der Waals surface area contributed by atoms with Gasteiger partial charge in [0.2, 0.25) is 20.0 Å². The van der Waals surface area contributed by atoms with Crippen LogP contribution in [0.2, 0.25) is 0 Å². The van der Waals surface area contributed by atoms with Gasteiger partial charge in [-0.15, -0.1) is 0 Å². The van der Waals surface area contributed by atoms with Crippen LogP contribution in [-0.4, -0.2) is 78.4 Å². The van der Waals surface area contributed by atoms with Gasteiger partial charge in [-0.3, -0.25) is 4.79 Å². The fourth-order valence-electron chi connectivity index (χ4n) is 4.50. The summed E-state index contributed by atoms with van der Waals surface area (Å²) in [5.41, 5.74) is 0.215. The molecule has 2 heterocycles. The Morgan fingerprint density at radius 1 is 0.865 bits per heavy atom. The summed E-state index contributed by atoms with van der Waals surface area (Å²) in [4.78, 5) is 14.9. The molecule has 2 saturated heterocycles. The van der Waals surface area contributed by atoms with Gasteiger partial charge in [0.05, 0.1) is 22.5 Å². The van der Waals surface area contributed by atoms with Gasteiger partial charge in [-0.2, -0.15) is 4.31 Å². The van der Waals surface area contributed by atoms with E-state index >= 15 is 0 Å². The van der Waals surface area contributed by atoms with E-state index in [9.17, 15) is 21.6 Å². The number of carbonyl (C=O) groups excluding carboxylic acids is 1. The van der Waals surface area contributed by atoms with Crippen LogP contribution in [0.5, 0.6) is 11.5 Å².